The molecule has 108 valence electrons. The van der Waals surface area contributed by atoms with Crippen molar-refractivity contribution in [3.05, 3.63) is 33.6 Å². The number of methoxy groups -OCH3 is 1. The van der Waals surface area contributed by atoms with E-state index < -0.39 is 0 Å². The molecular formula is C14H19N3O2S. The summed E-state index contributed by atoms with van der Waals surface area (Å²) in [4.78, 5) is 16.9. The van der Waals surface area contributed by atoms with Gasteiger partial charge in [-0.1, -0.05) is 0 Å². The summed E-state index contributed by atoms with van der Waals surface area (Å²) in [6, 6.07) is 3.81. The van der Waals surface area contributed by atoms with Crippen LogP contribution in [0.5, 0.6) is 0 Å². The summed E-state index contributed by atoms with van der Waals surface area (Å²) in [5.41, 5.74) is 2.34. The molecular weight excluding hydrogens is 274 g/mol. The molecule has 2 rings (SSSR count). The predicted molar refractivity (Wildman–Crippen MR) is 82.6 cm³/mol. The number of nitrogens with one attached hydrogen (secondary N) is 1. The van der Waals surface area contributed by atoms with E-state index in [0.29, 0.717) is 18.7 Å². The number of aryl methyl sites for hydroxylation is 1. The Labute approximate surface area is 122 Å². The Hall–Kier alpha value is -1.66. The van der Waals surface area contributed by atoms with Gasteiger partial charge < -0.3 is 14.6 Å². The fourth-order valence-electron chi connectivity index (χ4n) is 2.02. The monoisotopic (exact) mass is 293 g/mol. The quantitative estimate of drug-likeness (QED) is 0.831. The molecule has 0 bridgehead atoms. The van der Waals surface area contributed by atoms with E-state index in [1.165, 1.54) is 11.3 Å². The van der Waals surface area contributed by atoms with Crippen LogP contribution in [0.3, 0.4) is 0 Å². The number of aromatic nitrogens is 2. The minimum atomic E-state index is 0.00839. The van der Waals surface area contributed by atoms with Gasteiger partial charge >= 0.3 is 0 Å². The summed E-state index contributed by atoms with van der Waals surface area (Å²) in [6.07, 6.45) is 0.819. The number of ether oxygens (including phenoxy) is 1. The lowest BCUT2D eigenvalue weighted by atomic mass is 10.2. The molecule has 0 unspecified atom stereocenters. The average Bonchev–Trinajstić information content (AvgIpc) is 2.91. The van der Waals surface area contributed by atoms with Crippen LogP contribution in [0.15, 0.2) is 22.3 Å². The smallest absolute Gasteiger partial charge is 0.260 e. The minimum absolute atomic E-state index is 0.00839. The Kier molecular flexibility index (Phi) is 4.92. The Bertz CT molecular complexity index is 634. The zero-order chi connectivity index (χ0) is 14.5. The predicted octanol–water partition coefficient (Wildman–Crippen LogP) is 2.36. The van der Waals surface area contributed by atoms with Gasteiger partial charge in [0.15, 0.2) is 5.13 Å². The standard InChI is InChI=1S/C14H19N3O2S/c1-10-5-6-11(12-9-20-14(15-2)16-12)13(18)17(10)7-4-8-19-3/h5-6,9H,4,7-8H2,1-3H3,(H,15,16). The van der Waals surface area contributed by atoms with Gasteiger partial charge in [-0.2, -0.15) is 0 Å². The van der Waals surface area contributed by atoms with Gasteiger partial charge in [-0.05, 0) is 25.5 Å². The molecule has 20 heavy (non-hydrogen) atoms. The highest BCUT2D eigenvalue weighted by Gasteiger charge is 2.11. The van der Waals surface area contributed by atoms with Crippen molar-refractivity contribution in [2.45, 2.75) is 19.9 Å². The molecule has 5 nitrogen and oxygen atoms in total. The van der Waals surface area contributed by atoms with Gasteiger partial charge in [0.05, 0.1) is 11.3 Å². The van der Waals surface area contributed by atoms with Crippen molar-refractivity contribution in [1.82, 2.24) is 9.55 Å². The van der Waals surface area contributed by atoms with Crippen LogP contribution >= 0.6 is 11.3 Å². The second-order valence-electron chi connectivity index (χ2n) is 4.48. The minimum Gasteiger partial charge on any atom is -0.385 e. The molecule has 2 aromatic rings. The maximum atomic E-state index is 12.5. The lowest BCUT2D eigenvalue weighted by Crippen LogP contribution is -2.24. The number of rotatable bonds is 6. The fraction of sp³-hybridized carbons (Fsp3) is 0.429. The maximum absolute atomic E-state index is 12.5. The third-order valence-electron chi connectivity index (χ3n) is 3.12. The van der Waals surface area contributed by atoms with Crippen LogP contribution in [-0.4, -0.2) is 30.3 Å². The Morgan fingerprint density at radius 1 is 1.45 bits per heavy atom. The van der Waals surface area contributed by atoms with Crippen LogP contribution in [0.1, 0.15) is 12.1 Å². The lowest BCUT2D eigenvalue weighted by Gasteiger charge is -2.11. The van der Waals surface area contributed by atoms with Crippen molar-refractivity contribution in [3.8, 4) is 11.3 Å². The zero-order valence-electron chi connectivity index (χ0n) is 12.0. The van der Waals surface area contributed by atoms with Crippen molar-refractivity contribution in [3.63, 3.8) is 0 Å². The zero-order valence-corrected chi connectivity index (χ0v) is 12.8. The van der Waals surface area contributed by atoms with Gasteiger partial charge in [-0.15, -0.1) is 11.3 Å². The maximum Gasteiger partial charge on any atom is 0.260 e. The highest BCUT2D eigenvalue weighted by molar-refractivity contribution is 7.14. The van der Waals surface area contributed by atoms with E-state index in [2.05, 4.69) is 10.3 Å². The largest absolute Gasteiger partial charge is 0.385 e. The lowest BCUT2D eigenvalue weighted by molar-refractivity contribution is 0.189. The molecule has 2 aromatic heterocycles. The van der Waals surface area contributed by atoms with E-state index in [-0.39, 0.29) is 5.56 Å². The van der Waals surface area contributed by atoms with E-state index in [1.54, 1.807) is 11.7 Å². The van der Waals surface area contributed by atoms with Crippen LogP contribution in [-0.2, 0) is 11.3 Å². The third-order valence-corrected chi connectivity index (χ3v) is 3.98. The number of nitrogens with zero attached hydrogens (tertiary/aromatic N) is 2. The molecule has 0 aliphatic rings. The van der Waals surface area contributed by atoms with Crippen LogP contribution < -0.4 is 10.9 Å². The van der Waals surface area contributed by atoms with E-state index >= 15 is 0 Å². The molecule has 0 aromatic carbocycles. The summed E-state index contributed by atoms with van der Waals surface area (Å²) >= 11 is 1.49. The van der Waals surface area contributed by atoms with Crippen molar-refractivity contribution in [2.24, 2.45) is 0 Å². The summed E-state index contributed by atoms with van der Waals surface area (Å²) in [5, 5.41) is 5.70. The summed E-state index contributed by atoms with van der Waals surface area (Å²) in [5.74, 6) is 0. The number of anilines is 1. The van der Waals surface area contributed by atoms with Gasteiger partial charge in [0.2, 0.25) is 0 Å². The fourth-order valence-corrected chi connectivity index (χ4v) is 2.69. The molecule has 0 spiro atoms. The summed E-state index contributed by atoms with van der Waals surface area (Å²) < 4.78 is 6.83. The Balaban J connectivity index is 2.35. The molecule has 0 atom stereocenters. The van der Waals surface area contributed by atoms with Crippen LogP contribution in [0.2, 0.25) is 0 Å². The van der Waals surface area contributed by atoms with E-state index in [0.717, 1.165) is 22.9 Å². The first-order valence-corrected chi connectivity index (χ1v) is 7.38. The first-order valence-electron chi connectivity index (χ1n) is 6.50. The van der Waals surface area contributed by atoms with Gasteiger partial charge in [0.25, 0.3) is 5.56 Å². The summed E-state index contributed by atoms with van der Waals surface area (Å²) in [6.45, 7) is 3.25. The second-order valence-corrected chi connectivity index (χ2v) is 5.34. The first kappa shape index (κ1) is 14.7. The van der Waals surface area contributed by atoms with Crippen molar-refractivity contribution >= 4 is 16.5 Å². The molecule has 0 aliphatic heterocycles. The molecule has 0 radical (unpaired) electrons. The summed E-state index contributed by atoms with van der Waals surface area (Å²) in [7, 11) is 3.49. The number of hydrogen-bond donors (Lipinski definition) is 1. The van der Waals surface area contributed by atoms with Gasteiger partial charge in [0, 0.05) is 38.4 Å². The Morgan fingerprint density at radius 3 is 2.90 bits per heavy atom. The van der Waals surface area contributed by atoms with Crippen molar-refractivity contribution in [1.29, 1.82) is 0 Å². The molecule has 0 amide bonds. The molecule has 6 heteroatoms. The number of thiazole rings is 1. The van der Waals surface area contributed by atoms with E-state index in [9.17, 15) is 4.79 Å². The first-order chi connectivity index (χ1) is 9.67. The van der Waals surface area contributed by atoms with E-state index in [4.69, 9.17) is 4.74 Å². The van der Waals surface area contributed by atoms with Crippen LogP contribution in [0.4, 0.5) is 5.13 Å². The highest BCUT2D eigenvalue weighted by atomic mass is 32.1. The van der Waals surface area contributed by atoms with Gasteiger partial charge in [-0.3, -0.25) is 4.79 Å². The Morgan fingerprint density at radius 2 is 2.25 bits per heavy atom. The highest BCUT2D eigenvalue weighted by Crippen LogP contribution is 2.22. The molecule has 2 heterocycles. The van der Waals surface area contributed by atoms with Crippen LogP contribution in [0.25, 0.3) is 11.3 Å². The van der Waals surface area contributed by atoms with Crippen LogP contribution in [0, 0.1) is 6.92 Å². The molecule has 0 saturated heterocycles. The second kappa shape index (κ2) is 6.67. The van der Waals surface area contributed by atoms with Crippen molar-refractivity contribution < 1.29 is 4.74 Å². The topological polar surface area (TPSA) is 56.1 Å². The SMILES string of the molecule is CNc1nc(-c2ccc(C)n(CCCOC)c2=O)cs1. The molecule has 0 fully saturated rings. The number of hydrogen-bond acceptors (Lipinski definition) is 5. The van der Waals surface area contributed by atoms with Gasteiger partial charge in [-0.25, -0.2) is 4.98 Å². The third kappa shape index (κ3) is 3.08. The van der Waals surface area contributed by atoms with Crippen molar-refractivity contribution in [2.75, 3.05) is 26.1 Å². The normalized spacial score (nSPS) is 10.8. The van der Waals surface area contributed by atoms with E-state index in [1.807, 2.05) is 31.5 Å². The molecule has 0 aliphatic carbocycles. The average molecular weight is 293 g/mol. The molecule has 0 saturated carbocycles. The number of pyridine rings is 1. The van der Waals surface area contributed by atoms with Gasteiger partial charge in [0.1, 0.15) is 0 Å². The molecule has 1 N–H and O–H groups in total.